The number of ether oxygens (including phenoxy) is 4. The zero-order chi connectivity index (χ0) is 68.2. The zero-order valence-corrected chi connectivity index (χ0v) is 62.0. The van der Waals surface area contributed by atoms with Crippen LogP contribution in [0.3, 0.4) is 0 Å². The molecule has 19 heteroatoms. The number of unbranched alkanes of at least 4 members (excludes halogenated alkanes) is 35. The Hall–Kier alpha value is -1.94. The van der Waals surface area contributed by atoms with Crippen molar-refractivity contribution < 1.29 is 80.2 Å². The Morgan fingerprint density at radius 3 is 0.772 bits per heavy atom. The Morgan fingerprint density at radius 1 is 0.304 bits per heavy atom. The summed E-state index contributed by atoms with van der Waals surface area (Å²) in [6, 6.07) is 0. The first kappa shape index (κ1) is 90.1. The molecule has 0 fully saturated rings. The third kappa shape index (κ3) is 65.4. The Morgan fingerprint density at radius 2 is 0.522 bits per heavy atom. The summed E-state index contributed by atoms with van der Waals surface area (Å²) >= 11 is 0. The Kier molecular flexibility index (Phi) is 61.3. The molecular weight excluding hydrogens is 1210 g/mol. The standard InChI is InChI=1S/C73H142O17P2/c1-9-66(8)52-44-36-27-23-24-28-37-45-53-70(75)83-59-68(89-72(77)56-48-40-30-22-18-14-13-16-20-26-34-42-50-64(4)5)61-87-91(79,80)85-57-67(74)58-86-92(81,82)88-62-69(60-84-71(76)54-46-38-32-31-35-43-51-65(6)7)90-73(78)55-47-39-29-21-17-12-10-11-15-19-25-33-41-49-63(2)3/h63-69,74H,9-62H2,1-8H3,(H,79,80)(H,81,82)/t66?,67-,68-,69-/m1/s1. The van der Waals surface area contributed by atoms with E-state index in [2.05, 4.69) is 55.4 Å². The van der Waals surface area contributed by atoms with Crippen LogP contribution in [0, 0.1) is 23.7 Å². The first-order valence-corrected chi connectivity index (χ1v) is 40.7. The van der Waals surface area contributed by atoms with Crippen molar-refractivity contribution in [2.45, 2.75) is 382 Å². The predicted molar refractivity (Wildman–Crippen MR) is 372 cm³/mol. The normalized spacial score (nSPS) is 14.5. The molecule has 0 aromatic rings. The number of aliphatic hydroxyl groups excluding tert-OH is 1. The average Bonchev–Trinajstić information content (AvgIpc) is 2.58. The van der Waals surface area contributed by atoms with Gasteiger partial charge in [-0.25, -0.2) is 9.13 Å². The summed E-state index contributed by atoms with van der Waals surface area (Å²) in [7, 11) is -9.91. The lowest BCUT2D eigenvalue weighted by molar-refractivity contribution is -0.161. The number of hydrogen-bond donors (Lipinski definition) is 3. The van der Waals surface area contributed by atoms with Crippen molar-refractivity contribution in [3.63, 3.8) is 0 Å². The molecule has 3 N–H and O–H groups in total. The van der Waals surface area contributed by atoms with Gasteiger partial charge in [0.25, 0.3) is 0 Å². The SMILES string of the molecule is CCC(C)CCCCCCCCCCC(=O)OC[C@H](COP(=O)(O)OC[C@@H](O)COP(=O)(O)OC[C@@H](COC(=O)CCCCCCCCC(C)C)OC(=O)CCCCCCCCCCCCCCCC(C)C)OC(=O)CCCCCCCCCCCCCCC(C)C. The van der Waals surface area contributed by atoms with E-state index in [0.29, 0.717) is 31.6 Å². The summed E-state index contributed by atoms with van der Waals surface area (Å²) in [6.45, 7) is 14.1. The molecule has 546 valence electrons. The number of hydrogen-bond acceptors (Lipinski definition) is 15. The van der Waals surface area contributed by atoms with Crippen molar-refractivity contribution in [1.82, 2.24) is 0 Å². The average molecular weight is 1350 g/mol. The van der Waals surface area contributed by atoms with Crippen molar-refractivity contribution in [1.29, 1.82) is 0 Å². The van der Waals surface area contributed by atoms with Crippen LogP contribution in [0.1, 0.15) is 364 Å². The second-order valence-electron chi connectivity index (χ2n) is 28.0. The summed E-state index contributed by atoms with van der Waals surface area (Å²) in [5.41, 5.74) is 0. The highest BCUT2D eigenvalue weighted by atomic mass is 31.2. The topological polar surface area (TPSA) is 237 Å². The molecule has 0 heterocycles. The van der Waals surface area contributed by atoms with Crippen molar-refractivity contribution >= 4 is 39.5 Å². The van der Waals surface area contributed by atoms with Crippen LogP contribution in [-0.4, -0.2) is 96.7 Å². The van der Waals surface area contributed by atoms with Gasteiger partial charge >= 0.3 is 39.5 Å². The molecule has 0 aliphatic rings. The van der Waals surface area contributed by atoms with Gasteiger partial charge in [-0.05, 0) is 49.4 Å². The van der Waals surface area contributed by atoms with Gasteiger partial charge in [-0.2, -0.15) is 0 Å². The summed E-state index contributed by atoms with van der Waals surface area (Å²) in [6.07, 6.45) is 45.9. The minimum atomic E-state index is -4.95. The van der Waals surface area contributed by atoms with Gasteiger partial charge in [-0.3, -0.25) is 37.3 Å². The zero-order valence-electron chi connectivity index (χ0n) is 60.2. The summed E-state index contributed by atoms with van der Waals surface area (Å²) < 4.78 is 68.4. The van der Waals surface area contributed by atoms with E-state index in [1.807, 2.05) is 0 Å². The fourth-order valence-electron chi connectivity index (χ4n) is 11.0. The second-order valence-corrected chi connectivity index (χ2v) is 30.9. The van der Waals surface area contributed by atoms with Gasteiger partial charge in [0.05, 0.1) is 26.4 Å². The minimum Gasteiger partial charge on any atom is -0.462 e. The molecule has 3 unspecified atom stereocenters. The third-order valence-corrected chi connectivity index (χ3v) is 19.1. The van der Waals surface area contributed by atoms with Crippen LogP contribution in [0.25, 0.3) is 0 Å². The van der Waals surface area contributed by atoms with E-state index in [-0.39, 0.29) is 25.7 Å². The first-order valence-electron chi connectivity index (χ1n) is 37.7. The van der Waals surface area contributed by atoms with Crippen LogP contribution >= 0.6 is 15.6 Å². The number of rotatable bonds is 70. The molecular formula is C73H142O17P2. The first-order chi connectivity index (χ1) is 44.1. The predicted octanol–water partition coefficient (Wildman–Crippen LogP) is 20.9. The number of carbonyl (C=O) groups is 4. The maximum Gasteiger partial charge on any atom is 0.472 e. The number of phosphoric ester groups is 2. The Balaban J connectivity index is 5.24. The van der Waals surface area contributed by atoms with Gasteiger partial charge in [0.1, 0.15) is 19.3 Å². The van der Waals surface area contributed by atoms with Crippen molar-refractivity contribution in [3.8, 4) is 0 Å². The van der Waals surface area contributed by atoms with E-state index in [4.69, 9.17) is 37.0 Å². The van der Waals surface area contributed by atoms with Gasteiger partial charge in [0.2, 0.25) is 0 Å². The number of phosphoric acid groups is 2. The molecule has 0 rings (SSSR count). The van der Waals surface area contributed by atoms with E-state index in [0.717, 1.165) is 114 Å². The van der Waals surface area contributed by atoms with E-state index in [9.17, 15) is 43.2 Å². The fourth-order valence-corrected chi connectivity index (χ4v) is 12.6. The number of aliphatic hydroxyl groups is 1. The molecule has 0 aromatic carbocycles. The van der Waals surface area contributed by atoms with Crippen molar-refractivity contribution in [3.05, 3.63) is 0 Å². The van der Waals surface area contributed by atoms with Crippen LogP contribution in [0.15, 0.2) is 0 Å². The highest BCUT2D eigenvalue weighted by Gasteiger charge is 2.30. The van der Waals surface area contributed by atoms with Gasteiger partial charge in [0, 0.05) is 25.7 Å². The molecule has 0 saturated heterocycles. The lowest BCUT2D eigenvalue weighted by atomic mass is 9.99. The number of esters is 4. The molecule has 0 saturated carbocycles. The quantitative estimate of drug-likeness (QED) is 0.0222. The molecule has 17 nitrogen and oxygen atoms in total. The molecule has 0 aliphatic carbocycles. The van der Waals surface area contributed by atoms with Gasteiger partial charge in [-0.1, -0.05) is 312 Å². The van der Waals surface area contributed by atoms with E-state index in [1.54, 1.807) is 0 Å². The summed E-state index contributed by atoms with van der Waals surface area (Å²) in [5, 5.41) is 10.6. The van der Waals surface area contributed by atoms with E-state index >= 15 is 0 Å². The lowest BCUT2D eigenvalue weighted by Gasteiger charge is -2.21. The molecule has 0 spiro atoms. The summed E-state index contributed by atoms with van der Waals surface area (Å²) in [5.74, 6) is 0.894. The maximum atomic E-state index is 13.0. The number of carbonyl (C=O) groups excluding carboxylic acids is 4. The third-order valence-electron chi connectivity index (χ3n) is 17.2. The van der Waals surface area contributed by atoms with Crippen molar-refractivity contribution in [2.75, 3.05) is 39.6 Å². The van der Waals surface area contributed by atoms with Gasteiger partial charge in [-0.15, -0.1) is 0 Å². The highest BCUT2D eigenvalue weighted by Crippen LogP contribution is 2.45. The Bertz CT molecular complexity index is 1820. The molecule has 0 aliphatic heterocycles. The van der Waals surface area contributed by atoms with Crippen LogP contribution in [-0.2, 0) is 65.4 Å². The van der Waals surface area contributed by atoms with Crippen LogP contribution in [0.5, 0.6) is 0 Å². The second kappa shape index (κ2) is 62.6. The molecule has 0 radical (unpaired) electrons. The molecule has 0 amide bonds. The Labute approximate surface area is 562 Å². The van der Waals surface area contributed by atoms with Gasteiger partial charge in [0.15, 0.2) is 12.2 Å². The van der Waals surface area contributed by atoms with Gasteiger partial charge < -0.3 is 33.8 Å². The largest absolute Gasteiger partial charge is 0.472 e. The molecule has 0 bridgehead atoms. The smallest absolute Gasteiger partial charge is 0.462 e. The maximum absolute atomic E-state index is 13.0. The van der Waals surface area contributed by atoms with Crippen LogP contribution in [0.2, 0.25) is 0 Å². The summed E-state index contributed by atoms with van der Waals surface area (Å²) in [4.78, 5) is 72.7. The van der Waals surface area contributed by atoms with E-state index < -0.39 is 97.5 Å². The monoisotopic (exact) mass is 1350 g/mol. The van der Waals surface area contributed by atoms with Crippen LogP contribution < -0.4 is 0 Å². The highest BCUT2D eigenvalue weighted by molar-refractivity contribution is 7.47. The minimum absolute atomic E-state index is 0.106. The molecule has 92 heavy (non-hydrogen) atoms. The van der Waals surface area contributed by atoms with E-state index in [1.165, 1.54) is 161 Å². The van der Waals surface area contributed by atoms with Crippen LogP contribution in [0.4, 0.5) is 0 Å². The van der Waals surface area contributed by atoms with Crippen molar-refractivity contribution in [2.24, 2.45) is 23.7 Å². The lowest BCUT2D eigenvalue weighted by Crippen LogP contribution is -2.30. The molecule has 6 atom stereocenters. The molecule has 0 aromatic heterocycles. The fraction of sp³-hybridized carbons (Fsp3) is 0.945.